The summed E-state index contributed by atoms with van der Waals surface area (Å²) in [4.78, 5) is 38.9. The van der Waals surface area contributed by atoms with Gasteiger partial charge in [-0.3, -0.25) is 14.6 Å². The lowest BCUT2D eigenvalue weighted by Gasteiger charge is -2.17. The molecular weight excluding hydrogens is 428 g/mol. The molecular formula is C27H32N4O3. The van der Waals surface area contributed by atoms with Crippen molar-refractivity contribution in [1.29, 1.82) is 0 Å². The Labute approximate surface area is 200 Å². The smallest absolute Gasteiger partial charge is 0.306 e. The van der Waals surface area contributed by atoms with Crippen molar-refractivity contribution >= 4 is 28.6 Å². The number of aryl methyl sites for hydroxylation is 2. The third-order valence-corrected chi connectivity index (χ3v) is 6.17. The van der Waals surface area contributed by atoms with Gasteiger partial charge in [0.2, 0.25) is 0 Å². The predicted molar refractivity (Wildman–Crippen MR) is 132 cm³/mol. The SMILES string of the molecule is CCOC(=O)C[C@H](CC(=O)CCCCc1ccc2c(n1)NCCC2)c1cnc2ccccc2n1. The molecule has 178 valence electrons. The van der Waals surface area contributed by atoms with Gasteiger partial charge in [-0.15, -0.1) is 0 Å². The lowest BCUT2D eigenvalue weighted by Crippen LogP contribution is -2.15. The minimum Gasteiger partial charge on any atom is -0.466 e. The van der Waals surface area contributed by atoms with Gasteiger partial charge in [-0.1, -0.05) is 18.2 Å². The molecule has 1 aromatic carbocycles. The van der Waals surface area contributed by atoms with Crippen molar-refractivity contribution in [2.45, 2.75) is 64.2 Å². The second-order valence-corrected chi connectivity index (χ2v) is 8.78. The van der Waals surface area contributed by atoms with Gasteiger partial charge in [-0.2, -0.15) is 0 Å². The minimum absolute atomic E-state index is 0.124. The molecule has 3 heterocycles. The Bertz CT molecular complexity index is 1150. The maximum atomic E-state index is 12.8. The van der Waals surface area contributed by atoms with E-state index in [4.69, 9.17) is 9.72 Å². The van der Waals surface area contributed by atoms with E-state index in [0.29, 0.717) is 18.7 Å². The number of aromatic nitrogens is 3. The van der Waals surface area contributed by atoms with Crippen LogP contribution in [0.2, 0.25) is 0 Å². The molecule has 7 heteroatoms. The van der Waals surface area contributed by atoms with E-state index in [-0.39, 0.29) is 30.5 Å². The largest absolute Gasteiger partial charge is 0.466 e. The number of benzene rings is 1. The maximum absolute atomic E-state index is 12.8. The zero-order valence-electron chi connectivity index (χ0n) is 19.8. The average Bonchev–Trinajstić information content (AvgIpc) is 2.86. The van der Waals surface area contributed by atoms with Crippen molar-refractivity contribution in [3.05, 3.63) is 59.5 Å². The van der Waals surface area contributed by atoms with E-state index in [0.717, 1.165) is 61.2 Å². The summed E-state index contributed by atoms with van der Waals surface area (Å²) < 4.78 is 5.14. The number of esters is 1. The van der Waals surface area contributed by atoms with Crippen molar-refractivity contribution < 1.29 is 14.3 Å². The summed E-state index contributed by atoms with van der Waals surface area (Å²) in [7, 11) is 0. The van der Waals surface area contributed by atoms with Gasteiger partial charge in [0.15, 0.2) is 0 Å². The average molecular weight is 461 g/mol. The zero-order valence-corrected chi connectivity index (χ0v) is 19.8. The number of carbonyl (C=O) groups is 2. The molecule has 0 saturated heterocycles. The van der Waals surface area contributed by atoms with Gasteiger partial charge in [-0.05, 0) is 62.8 Å². The molecule has 0 spiro atoms. The topological polar surface area (TPSA) is 94.1 Å². The molecule has 34 heavy (non-hydrogen) atoms. The van der Waals surface area contributed by atoms with Gasteiger partial charge in [0.25, 0.3) is 0 Å². The van der Waals surface area contributed by atoms with Crippen molar-refractivity contribution in [3.8, 4) is 0 Å². The van der Waals surface area contributed by atoms with Crippen LogP contribution in [0.5, 0.6) is 0 Å². The molecule has 1 N–H and O–H groups in total. The van der Waals surface area contributed by atoms with E-state index in [9.17, 15) is 9.59 Å². The third kappa shape index (κ3) is 6.37. The molecule has 0 amide bonds. The first-order chi connectivity index (χ1) is 16.6. The molecule has 1 atom stereocenters. The maximum Gasteiger partial charge on any atom is 0.306 e. The van der Waals surface area contributed by atoms with Crippen LogP contribution in [-0.4, -0.2) is 39.9 Å². The van der Waals surface area contributed by atoms with E-state index in [1.165, 1.54) is 5.56 Å². The van der Waals surface area contributed by atoms with Crippen LogP contribution in [0.25, 0.3) is 11.0 Å². The molecule has 0 unspecified atom stereocenters. The summed E-state index contributed by atoms with van der Waals surface area (Å²) >= 11 is 0. The van der Waals surface area contributed by atoms with E-state index in [1.807, 2.05) is 24.3 Å². The number of anilines is 1. The number of hydrogen-bond donors (Lipinski definition) is 1. The van der Waals surface area contributed by atoms with Crippen LogP contribution >= 0.6 is 0 Å². The van der Waals surface area contributed by atoms with Crippen LogP contribution in [-0.2, 0) is 27.2 Å². The number of unbranched alkanes of at least 4 members (excludes halogenated alkanes) is 1. The number of hydrogen-bond acceptors (Lipinski definition) is 7. The molecule has 0 saturated carbocycles. The number of fused-ring (bicyclic) bond motifs is 2. The molecule has 2 aromatic heterocycles. The van der Waals surface area contributed by atoms with Crippen LogP contribution in [0, 0.1) is 0 Å². The normalized spacial score (nSPS) is 13.7. The number of ether oxygens (including phenoxy) is 1. The van der Waals surface area contributed by atoms with E-state index < -0.39 is 0 Å². The molecule has 0 fully saturated rings. The predicted octanol–water partition coefficient (Wildman–Crippen LogP) is 4.79. The lowest BCUT2D eigenvalue weighted by atomic mass is 9.93. The van der Waals surface area contributed by atoms with Crippen molar-refractivity contribution in [2.24, 2.45) is 0 Å². The highest BCUT2D eigenvalue weighted by Crippen LogP contribution is 2.25. The van der Waals surface area contributed by atoms with Gasteiger partial charge in [0.05, 0.1) is 29.8 Å². The summed E-state index contributed by atoms with van der Waals surface area (Å²) in [5.41, 5.74) is 4.56. The molecule has 7 nitrogen and oxygen atoms in total. The van der Waals surface area contributed by atoms with Gasteiger partial charge in [0, 0.05) is 37.2 Å². The monoisotopic (exact) mass is 460 g/mol. The number of nitrogens with zero attached hydrogens (tertiary/aromatic N) is 3. The molecule has 0 radical (unpaired) electrons. The van der Waals surface area contributed by atoms with Gasteiger partial charge in [-0.25, -0.2) is 9.97 Å². The van der Waals surface area contributed by atoms with Crippen molar-refractivity contribution in [3.63, 3.8) is 0 Å². The van der Waals surface area contributed by atoms with Crippen LogP contribution < -0.4 is 5.32 Å². The van der Waals surface area contributed by atoms with Crippen LogP contribution in [0.15, 0.2) is 42.6 Å². The van der Waals surface area contributed by atoms with Crippen LogP contribution in [0.3, 0.4) is 0 Å². The van der Waals surface area contributed by atoms with Crippen LogP contribution in [0.4, 0.5) is 5.82 Å². The Hall–Kier alpha value is -3.35. The fourth-order valence-corrected chi connectivity index (χ4v) is 4.38. The van der Waals surface area contributed by atoms with E-state index in [1.54, 1.807) is 13.1 Å². The third-order valence-electron chi connectivity index (χ3n) is 6.17. The van der Waals surface area contributed by atoms with Crippen molar-refractivity contribution in [1.82, 2.24) is 15.0 Å². The second-order valence-electron chi connectivity index (χ2n) is 8.78. The summed E-state index contributed by atoms with van der Waals surface area (Å²) in [5.74, 6) is 0.488. The molecule has 0 aliphatic carbocycles. The number of ketones is 1. The highest BCUT2D eigenvalue weighted by atomic mass is 16.5. The summed E-state index contributed by atoms with van der Waals surface area (Å²) in [6.07, 6.45) is 7.31. The Kier molecular flexibility index (Phi) is 8.17. The zero-order chi connectivity index (χ0) is 23.8. The van der Waals surface area contributed by atoms with E-state index >= 15 is 0 Å². The molecule has 0 bridgehead atoms. The Morgan fingerprint density at radius 3 is 2.76 bits per heavy atom. The first-order valence-corrected chi connectivity index (χ1v) is 12.2. The Balaban J connectivity index is 1.33. The molecule has 3 aromatic rings. The number of nitrogens with one attached hydrogen (secondary N) is 1. The first kappa shape index (κ1) is 23.8. The lowest BCUT2D eigenvalue weighted by molar-refractivity contribution is -0.143. The number of Topliss-reactive ketones (excluding diaryl/α,β-unsaturated/α-hetero) is 1. The van der Waals surface area contributed by atoms with E-state index in [2.05, 4.69) is 27.4 Å². The van der Waals surface area contributed by atoms with Gasteiger partial charge < -0.3 is 10.1 Å². The molecule has 4 rings (SSSR count). The highest BCUT2D eigenvalue weighted by molar-refractivity contribution is 5.81. The second kappa shape index (κ2) is 11.7. The standard InChI is InChI=1S/C27H32N4O3/c1-2-34-26(33)17-20(25-18-29-23-11-5-6-12-24(23)31-25)16-22(32)10-4-3-9-21-14-13-19-8-7-15-28-27(19)30-21/h5-6,11-14,18,20H,2-4,7-10,15-17H2,1H3,(H,28,30)/t20-/m0/s1. The van der Waals surface area contributed by atoms with Gasteiger partial charge in [0.1, 0.15) is 11.6 Å². The number of carbonyl (C=O) groups excluding carboxylic acids is 2. The number of rotatable bonds is 11. The minimum atomic E-state index is -0.336. The number of para-hydroxylation sites is 2. The molecule has 1 aliphatic rings. The quantitative estimate of drug-likeness (QED) is 0.325. The highest BCUT2D eigenvalue weighted by Gasteiger charge is 2.22. The fourth-order valence-electron chi connectivity index (χ4n) is 4.38. The first-order valence-electron chi connectivity index (χ1n) is 12.2. The Morgan fingerprint density at radius 1 is 1.06 bits per heavy atom. The van der Waals surface area contributed by atoms with Crippen LogP contribution in [0.1, 0.15) is 68.3 Å². The number of pyridine rings is 1. The fraction of sp³-hybridized carbons (Fsp3) is 0.444. The summed E-state index contributed by atoms with van der Waals surface area (Å²) in [6.45, 7) is 3.07. The van der Waals surface area contributed by atoms with Crippen molar-refractivity contribution in [2.75, 3.05) is 18.5 Å². The Morgan fingerprint density at radius 2 is 1.91 bits per heavy atom. The molecule has 1 aliphatic heterocycles. The summed E-state index contributed by atoms with van der Waals surface area (Å²) in [6, 6.07) is 11.9. The summed E-state index contributed by atoms with van der Waals surface area (Å²) in [5, 5.41) is 3.37. The van der Waals surface area contributed by atoms with Gasteiger partial charge >= 0.3 is 5.97 Å².